The predicted octanol–water partition coefficient (Wildman–Crippen LogP) is 3.12. The molecule has 1 aromatic carbocycles. The number of nitrogens with two attached hydrogens (primary N) is 1. The first kappa shape index (κ1) is 22.0. The molecule has 26 heavy (non-hydrogen) atoms. The molecule has 2 heterocycles. The van der Waals surface area contributed by atoms with E-state index in [-0.39, 0.29) is 30.7 Å². The van der Waals surface area contributed by atoms with E-state index in [4.69, 9.17) is 10.5 Å². The number of pyridine rings is 1. The van der Waals surface area contributed by atoms with Crippen molar-refractivity contribution in [2.75, 3.05) is 36.5 Å². The molecule has 6 nitrogen and oxygen atoms in total. The maximum Gasteiger partial charge on any atom is 0.259 e. The Hall–Kier alpha value is -2.02. The molecule has 142 valence electrons. The van der Waals surface area contributed by atoms with E-state index >= 15 is 0 Å². The summed E-state index contributed by atoms with van der Waals surface area (Å²) in [5.41, 5.74) is 6.73. The molecule has 0 aliphatic carbocycles. The van der Waals surface area contributed by atoms with Crippen molar-refractivity contribution in [2.24, 2.45) is 5.73 Å². The van der Waals surface area contributed by atoms with E-state index in [1.54, 1.807) is 12.3 Å². The van der Waals surface area contributed by atoms with Gasteiger partial charge in [-0.25, -0.2) is 4.98 Å². The van der Waals surface area contributed by atoms with Gasteiger partial charge in [0, 0.05) is 31.5 Å². The first-order valence-electron chi connectivity index (χ1n) is 8.22. The number of rotatable bonds is 6. The van der Waals surface area contributed by atoms with Crippen LogP contribution in [0.25, 0.3) is 0 Å². The van der Waals surface area contributed by atoms with Crippen molar-refractivity contribution in [1.82, 2.24) is 4.98 Å². The van der Waals surface area contributed by atoms with Gasteiger partial charge >= 0.3 is 0 Å². The molecule has 3 N–H and O–H groups in total. The van der Waals surface area contributed by atoms with Crippen molar-refractivity contribution in [1.29, 1.82) is 0 Å². The number of ether oxygens (including phenoxy) is 1. The average molecular weight is 399 g/mol. The number of halogens is 2. The third-order valence-corrected chi connectivity index (χ3v) is 3.94. The molecule has 0 saturated carbocycles. The third-order valence-electron chi connectivity index (χ3n) is 3.94. The fourth-order valence-corrected chi connectivity index (χ4v) is 2.76. The Morgan fingerprint density at radius 2 is 1.85 bits per heavy atom. The van der Waals surface area contributed by atoms with Crippen LogP contribution in [0.4, 0.5) is 11.5 Å². The molecule has 3 rings (SSSR count). The van der Waals surface area contributed by atoms with Crippen LogP contribution in [0.1, 0.15) is 23.2 Å². The molecule has 0 atom stereocenters. The fourth-order valence-electron chi connectivity index (χ4n) is 2.76. The second kappa shape index (κ2) is 10.9. The zero-order valence-corrected chi connectivity index (χ0v) is 16.0. The summed E-state index contributed by atoms with van der Waals surface area (Å²) in [6.07, 6.45) is 4.01. The second-order valence-corrected chi connectivity index (χ2v) is 5.68. The number of anilines is 2. The van der Waals surface area contributed by atoms with E-state index in [1.807, 2.05) is 30.3 Å². The van der Waals surface area contributed by atoms with Gasteiger partial charge in [-0.05, 0) is 49.2 Å². The van der Waals surface area contributed by atoms with Crippen molar-refractivity contribution in [3.05, 3.63) is 48.2 Å². The van der Waals surface area contributed by atoms with Gasteiger partial charge in [0.05, 0.1) is 5.56 Å². The lowest BCUT2D eigenvalue weighted by Crippen LogP contribution is -2.24. The van der Waals surface area contributed by atoms with Crippen molar-refractivity contribution in [3.63, 3.8) is 0 Å². The Morgan fingerprint density at radius 3 is 2.50 bits per heavy atom. The van der Waals surface area contributed by atoms with Crippen LogP contribution in [0.2, 0.25) is 0 Å². The first-order chi connectivity index (χ1) is 11.8. The fraction of sp³-hybridized carbons (Fsp3) is 0.333. The molecule has 0 spiro atoms. The summed E-state index contributed by atoms with van der Waals surface area (Å²) in [5.74, 6) is 1.34. The molecule has 0 unspecified atom stereocenters. The third kappa shape index (κ3) is 5.49. The summed E-state index contributed by atoms with van der Waals surface area (Å²) in [4.78, 5) is 19.2. The summed E-state index contributed by atoms with van der Waals surface area (Å²) >= 11 is 0. The van der Waals surface area contributed by atoms with Gasteiger partial charge in [0.2, 0.25) is 0 Å². The van der Waals surface area contributed by atoms with Crippen LogP contribution in [0.3, 0.4) is 0 Å². The van der Waals surface area contributed by atoms with Gasteiger partial charge in [0.1, 0.15) is 18.2 Å². The van der Waals surface area contributed by atoms with E-state index in [0.29, 0.717) is 18.7 Å². The van der Waals surface area contributed by atoms with E-state index < -0.39 is 0 Å². The molecule has 1 fully saturated rings. The van der Waals surface area contributed by atoms with Gasteiger partial charge in [0.15, 0.2) is 0 Å². The van der Waals surface area contributed by atoms with Crippen molar-refractivity contribution in [2.45, 2.75) is 12.8 Å². The molecular formula is C18H24Cl2N4O2. The maximum atomic E-state index is 12.6. The SMILES string of the molecule is Cl.Cl.NCCOc1ccc(NC(=O)c2cccnc2N2CCCC2)cc1. The van der Waals surface area contributed by atoms with Gasteiger partial charge < -0.3 is 20.7 Å². The Morgan fingerprint density at radius 1 is 1.15 bits per heavy atom. The van der Waals surface area contributed by atoms with Crippen LogP contribution in [-0.2, 0) is 0 Å². The Labute approximate surface area is 165 Å². The Balaban J connectivity index is 0.00000169. The van der Waals surface area contributed by atoms with Crippen LogP contribution in [-0.4, -0.2) is 37.1 Å². The number of aromatic nitrogens is 1. The number of nitrogens with zero attached hydrogens (tertiary/aromatic N) is 2. The van der Waals surface area contributed by atoms with E-state index in [9.17, 15) is 4.79 Å². The number of hydrogen-bond donors (Lipinski definition) is 2. The lowest BCUT2D eigenvalue weighted by Gasteiger charge is -2.19. The predicted molar refractivity (Wildman–Crippen MR) is 109 cm³/mol. The molecule has 8 heteroatoms. The van der Waals surface area contributed by atoms with Gasteiger partial charge in [-0.2, -0.15) is 0 Å². The molecule has 1 amide bonds. The minimum Gasteiger partial charge on any atom is -0.492 e. The smallest absolute Gasteiger partial charge is 0.259 e. The molecule has 1 aliphatic heterocycles. The van der Waals surface area contributed by atoms with Crippen molar-refractivity contribution in [3.8, 4) is 5.75 Å². The summed E-state index contributed by atoms with van der Waals surface area (Å²) in [6.45, 7) is 2.84. The summed E-state index contributed by atoms with van der Waals surface area (Å²) < 4.78 is 5.43. The number of hydrogen-bond acceptors (Lipinski definition) is 5. The maximum absolute atomic E-state index is 12.6. The van der Waals surface area contributed by atoms with Gasteiger partial charge in [0.25, 0.3) is 5.91 Å². The highest BCUT2D eigenvalue weighted by Gasteiger charge is 2.20. The second-order valence-electron chi connectivity index (χ2n) is 5.68. The van der Waals surface area contributed by atoms with Gasteiger partial charge in [-0.1, -0.05) is 0 Å². The molecule has 1 saturated heterocycles. The van der Waals surface area contributed by atoms with Crippen LogP contribution >= 0.6 is 24.8 Å². The van der Waals surface area contributed by atoms with Gasteiger partial charge in [-0.15, -0.1) is 24.8 Å². The van der Waals surface area contributed by atoms with E-state index in [2.05, 4.69) is 15.2 Å². The van der Waals surface area contributed by atoms with Crippen molar-refractivity contribution < 1.29 is 9.53 Å². The van der Waals surface area contributed by atoms with Crippen LogP contribution in [0, 0.1) is 0 Å². The zero-order chi connectivity index (χ0) is 16.8. The van der Waals surface area contributed by atoms with Crippen LogP contribution in [0.5, 0.6) is 5.75 Å². The molecule has 0 bridgehead atoms. The number of carbonyl (C=O) groups excluding carboxylic acids is 1. The largest absolute Gasteiger partial charge is 0.492 e. The minimum absolute atomic E-state index is 0. The first-order valence-corrected chi connectivity index (χ1v) is 8.22. The quantitative estimate of drug-likeness (QED) is 0.780. The summed E-state index contributed by atoms with van der Waals surface area (Å²) in [7, 11) is 0. The highest BCUT2D eigenvalue weighted by molar-refractivity contribution is 6.07. The summed E-state index contributed by atoms with van der Waals surface area (Å²) in [6, 6.07) is 10.9. The number of carbonyl (C=O) groups is 1. The highest BCUT2D eigenvalue weighted by Crippen LogP contribution is 2.23. The number of benzene rings is 1. The standard InChI is InChI=1S/C18H22N4O2.2ClH/c19-9-13-24-15-7-5-14(6-8-15)21-18(23)16-4-3-10-20-17(16)22-11-1-2-12-22;;/h3-8,10H,1-2,9,11-13,19H2,(H,21,23);2*1H. The van der Waals surface area contributed by atoms with Crippen LogP contribution < -0.4 is 20.7 Å². The van der Waals surface area contributed by atoms with Crippen LogP contribution in [0.15, 0.2) is 42.6 Å². The minimum atomic E-state index is -0.152. The van der Waals surface area contributed by atoms with E-state index in [0.717, 1.165) is 43.2 Å². The summed E-state index contributed by atoms with van der Waals surface area (Å²) in [5, 5.41) is 2.92. The van der Waals surface area contributed by atoms with Crippen molar-refractivity contribution >= 4 is 42.2 Å². The number of amides is 1. The lowest BCUT2D eigenvalue weighted by molar-refractivity contribution is 0.102. The zero-order valence-electron chi connectivity index (χ0n) is 14.4. The van der Waals surface area contributed by atoms with E-state index in [1.165, 1.54) is 0 Å². The normalized spacial score (nSPS) is 12.7. The monoisotopic (exact) mass is 398 g/mol. The molecule has 2 aromatic rings. The average Bonchev–Trinajstić information content (AvgIpc) is 3.15. The Bertz CT molecular complexity index is 692. The molecule has 1 aliphatic rings. The Kier molecular flexibility index (Phi) is 9.19. The molecule has 1 aromatic heterocycles. The number of nitrogens with one attached hydrogen (secondary N) is 1. The molecule has 0 radical (unpaired) electrons. The highest BCUT2D eigenvalue weighted by atomic mass is 35.5. The topological polar surface area (TPSA) is 80.5 Å². The lowest BCUT2D eigenvalue weighted by atomic mass is 10.2. The molecular weight excluding hydrogens is 375 g/mol. The van der Waals surface area contributed by atoms with Gasteiger partial charge in [-0.3, -0.25) is 4.79 Å².